The van der Waals surface area contributed by atoms with Crippen molar-refractivity contribution in [2.45, 2.75) is 16.3 Å². The number of carboxylic acid groups (broad SMARTS) is 2. The summed E-state index contributed by atoms with van der Waals surface area (Å²) in [5, 5.41) is 17.5. The molecule has 4 nitrogen and oxygen atoms in total. The molecule has 0 radical (unpaired) electrons. The van der Waals surface area contributed by atoms with Crippen molar-refractivity contribution >= 4 is 34.5 Å². The number of carboxylic acids is 2. The molecule has 0 heterocycles. The lowest BCUT2D eigenvalue weighted by atomic mass is 9.84. The molecule has 2 unspecified atom stereocenters. The molecule has 1 rings (SSSR count). The van der Waals surface area contributed by atoms with E-state index in [1.165, 1.54) is 0 Å². The summed E-state index contributed by atoms with van der Waals surface area (Å²) < 4.78 is -0.628. The number of hydrogen-bond donors (Lipinski definition) is 2. The monoisotopic (exact) mass is 322 g/mol. The van der Waals surface area contributed by atoms with Gasteiger partial charge in [0.25, 0.3) is 0 Å². The Bertz CT molecular complexity index is 334. The Morgan fingerprint density at radius 2 is 1.93 bits per heavy atom. The fraction of sp³-hybridized carbons (Fsp3) is 0.400. The molecule has 0 amide bonds. The van der Waals surface area contributed by atoms with Crippen LogP contribution in [0.2, 0.25) is 0 Å². The molecule has 0 aliphatic heterocycles. The van der Waals surface area contributed by atoms with E-state index in [-0.39, 0.29) is 18.8 Å². The Kier molecular flexibility index (Phi) is 3.90. The molecule has 82 valence electrons. The molecule has 2 N–H and O–H groups in total. The Hall–Kier alpha value is -0.850. The van der Waals surface area contributed by atoms with Gasteiger partial charge in [0.05, 0.1) is 16.3 Å². The maximum atomic E-state index is 10.7. The third-order valence-corrected chi connectivity index (χ3v) is 3.80. The fourth-order valence-corrected chi connectivity index (χ4v) is 2.51. The number of alkyl halides is 1. The van der Waals surface area contributed by atoms with Crippen molar-refractivity contribution < 1.29 is 19.8 Å². The lowest BCUT2D eigenvalue weighted by Crippen LogP contribution is -2.33. The summed E-state index contributed by atoms with van der Waals surface area (Å²) in [6.07, 6.45) is 6.92. The summed E-state index contributed by atoms with van der Waals surface area (Å²) in [6, 6.07) is 0. The maximum Gasteiger partial charge on any atom is 0.305 e. The van der Waals surface area contributed by atoms with Crippen molar-refractivity contribution in [2.75, 3.05) is 0 Å². The van der Waals surface area contributed by atoms with E-state index in [4.69, 9.17) is 10.2 Å². The first-order chi connectivity index (χ1) is 6.94. The average molecular weight is 322 g/mol. The average Bonchev–Trinajstić information content (AvgIpc) is 2.07. The highest BCUT2D eigenvalue weighted by molar-refractivity contribution is 14.1. The van der Waals surface area contributed by atoms with Crippen molar-refractivity contribution in [2.24, 2.45) is 5.92 Å². The molecule has 0 aromatic carbocycles. The van der Waals surface area contributed by atoms with Crippen LogP contribution in [0.3, 0.4) is 0 Å². The molecule has 0 aromatic heterocycles. The summed E-state index contributed by atoms with van der Waals surface area (Å²) in [4.78, 5) is 21.3. The minimum Gasteiger partial charge on any atom is -0.481 e. The van der Waals surface area contributed by atoms with Crippen molar-refractivity contribution in [3.63, 3.8) is 0 Å². The number of rotatable bonds is 4. The maximum absolute atomic E-state index is 10.7. The molecule has 1 aliphatic rings. The minimum atomic E-state index is -0.917. The molecular formula is C10H11IO4. The van der Waals surface area contributed by atoms with E-state index in [2.05, 4.69) is 0 Å². The molecule has 15 heavy (non-hydrogen) atoms. The lowest BCUT2D eigenvalue weighted by molar-refractivity contribution is -0.140. The first-order valence-electron chi connectivity index (χ1n) is 4.42. The van der Waals surface area contributed by atoms with Crippen LogP contribution in [0.4, 0.5) is 0 Å². The van der Waals surface area contributed by atoms with Gasteiger partial charge in [-0.05, 0) is 0 Å². The van der Waals surface area contributed by atoms with E-state index >= 15 is 0 Å². The molecule has 0 fully saturated rings. The zero-order valence-electron chi connectivity index (χ0n) is 7.89. The third kappa shape index (κ3) is 3.33. The van der Waals surface area contributed by atoms with Gasteiger partial charge in [0.1, 0.15) is 0 Å². The van der Waals surface area contributed by atoms with Crippen molar-refractivity contribution in [3.8, 4) is 0 Å². The van der Waals surface area contributed by atoms with E-state index < -0.39 is 15.4 Å². The molecule has 5 heteroatoms. The SMILES string of the molecule is O=C(O)CC1C=CC=CC1(I)CC(=O)O. The van der Waals surface area contributed by atoms with Gasteiger partial charge in [-0.15, -0.1) is 0 Å². The van der Waals surface area contributed by atoms with Crippen molar-refractivity contribution in [1.82, 2.24) is 0 Å². The molecule has 0 saturated heterocycles. The quantitative estimate of drug-likeness (QED) is 0.612. The van der Waals surface area contributed by atoms with Gasteiger partial charge < -0.3 is 10.2 Å². The summed E-state index contributed by atoms with van der Waals surface area (Å²) in [5.41, 5.74) is 0. The number of aliphatic carboxylic acids is 2. The molecule has 1 aliphatic carbocycles. The van der Waals surface area contributed by atoms with Crippen LogP contribution in [0.15, 0.2) is 24.3 Å². The van der Waals surface area contributed by atoms with Crippen LogP contribution in [0.5, 0.6) is 0 Å². The summed E-state index contributed by atoms with van der Waals surface area (Å²) in [7, 11) is 0. The van der Waals surface area contributed by atoms with Crippen LogP contribution < -0.4 is 0 Å². The van der Waals surface area contributed by atoms with Gasteiger partial charge in [-0.3, -0.25) is 9.59 Å². The van der Waals surface area contributed by atoms with Gasteiger partial charge in [0.15, 0.2) is 0 Å². The molecule has 0 spiro atoms. The van der Waals surface area contributed by atoms with Crippen LogP contribution in [0.1, 0.15) is 12.8 Å². The smallest absolute Gasteiger partial charge is 0.305 e. The van der Waals surface area contributed by atoms with Crippen LogP contribution in [0.25, 0.3) is 0 Å². The Morgan fingerprint density at radius 1 is 1.27 bits per heavy atom. The van der Waals surface area contributed by atoms with Gasteiger partial charge in [0.2, 0.25) is 0 Å². The zero-order chi connectivity index (χ0) is 11.5. The van der Waals surface area contributed by atoms with E-state index in [9.17, 15) is 9.59 Å². The molecule has 0 bridgehead atoms. The van der Waals surface area contributed by atoms with E-state index in [0.717, 1.165) is 0 Å². The summed E-state index contributed by atoms with van der Waals surface area (Å²) in [5.74, 6) is -2.09. The number of carbonyl (C=O) groups is 2. The van der Waals surface area contributed by atoms with Gasteiger partial charge in [-0.2, -0.15) is 0 Å². The molecular weight excluding hydrogens is 311 g/mol. The summed E-state index contributed by atoms with van der Waals surface area (Å²) in [6.45, 7) is 0. The molecule has 0 saturated carbocycles. The van der Waals surface area contributed by atoms with Crippen molar-refractivity contribution in [3.05, 3.63) is 24.3 Å². The standard InChI is InChI=1S/C10H11IO4/c11-10(6-9(14)15)4-2-1-3-7(10)5-8(12)13/h1-4,7H,5-6H2,(H,12,13)(H,14,15). The highest BCUT2D eigenvalue weighted by Gasteiger charge is 2.36. The van der Waals surface area contributed by atoms with Gasteiger partial charge in [-0.1, -0.05) is 46.9 Å². The van der Waals surface area contributed by atoms with Crippen molar-refractivity contribution in [1.29, 1.82) is 0 Å². The Labute approximate surface area is 101 Å². The zero-order valence-corrected chi connectivity index (χ0v) is 10.0. The summed E-state index contributed by atoms with van der Waals surface area (Å²) >= 11 is 2.02. The highest BCUT2D eigenvalue weighted by atomic mass is 127. The van der Waals surface area contributed by atoms with Crippen LogP contribution in [0, 0.1) is 5.92 Å². The second-order valence-electron chi connectivity index (χ2n) is 3.45. The van der Waals surface area contributed by atoms with Gasteiger partial charge in [0, 0.05) is 5.92 Å². The topological polar surface area (TPSA) is 74.6 Å². The second kappa shape index (κ2) is 4.78. The van der Waals surface area contributed by atoms with Crippen LogP contribution in [-0.2, 0) is 9.59 Å². The fourth-order valence-electron chi connectivity index (χ4n) is 1.54. The van der Waals surface area contributed by atoms with E-state index in [0.29, 0.717) is 0 Å². The normalized spacial score (nSPS) is 29.0. The van der Waals surface area contributed by atoms with Crippen LogP contribution >= 0.6 is 22.6 Å². The van der Waals surface area contributed by atoms with Crippen LogP contribution in [-0.4, -0.2) is 25.6 Å². The molecule has 0 aromatic rings. The Balaban J connectivity index is 2.83. The highest BCUT2D eigenvalue weighted by Crippen LogP contribution is 2.39. The van der Waals surface area contributed by atoms with Gasteiger partial charge in [-0.25, -0.2) is 0 Å². The van der Waals surface area contributed by atoms with E-state index in [1.807, 2.05) is 22.6 Å². The number of allylic oxidation sites excluding steroid dienone is 4. The largest absolute Gasteiger partial charge is 0.481 e. The first-order valence-corrected chi connectivity index (χ1v) is 5.50. The number of hydrogen-bond acceptors (Lipinski definition) is 2. The minimum absolute atomic E-state index is 0.0446. The van der Waals surface area contributed by atoms with Gasteiger partial charge >= 0.3 is 11.9 Å². The second-order valence-corrected chi connectivity index (χ2v) is 5.45. The predicted octanol–water partition coefficient (Wildman–Crippen LogP) is 1.85. The Morgan fingerprint density at radius 3 is 2.47 bits per heavy atom. The number of halogens is 1. The third-order valence-electron chi connectivity index (χ3n) is 2.26. The first kappa shape index (κ1) is 12.2. The molecule has 2 atom stereocenters. The lowest BCUT2D eigenvalue weighted by Gasteiger charge is -2.31. The predicted molar refractivity (Wildman–Crippen MR) is 63.0 cm³/mol. The van der Waals surface area contributed by atoms with E-state index in [1.54, 1.807) is 24.3 Å².